The Balaban J connectivity index is 1.23. The van der Waals surface area contributed by atoms with Gasteiger partial charge in [0.15, 0.2) is 0 Å². The lowest BCUT2D eigenvalue weighted by atomic mass is 10.0. The Labute approximate surface area is 217 Å². The van der Waals surface area contributed by atoms with E-state index >= 15 is 0 Å². The van der Waals surface area contributed by atoms with Crippen molar-refractivity contribution in [1.29, 1.82) is 0 Å². The normalized spacial score (nSPS) is 14.3. The Bertz CT molecular complexity index is 1340. The molecule has 0 radical (unpaired) electrons. The van der Waals surface area contributed by atoms with E-state index in [0.717, 1.165) is 48.4 Å². The molecule has 188 valence electrons. The van der Waals surface area contributed by atoms with Crippen LogP contribution >= 0.6 is 0 Å². The van der Waals surface area contributed by atoms with Gasteiger partial charge in [0.05, 0.1) is 17.8 Å². The van der Waals surface area contributed by atoms with Crippen LogP contribution in [0.15, 0.2) is 91.1 Å². The number of hydrogen-bond donors (Lipinski definition) is 2. The highest BCUT2D eigenvalue weighted by molar-refractivity contribution is 6.00. The number of aromatic nitrogens is 2. The fraction of sp³-hybridized carbons (Fsp3) is 0.233. The van der Waals surface area contributed by atoms with Crippen molar-refractivity contribution in [2.24, 2.45) is 0 Å². The van der Waals surface area contributed by atoms with Crippen LogP contribution in [0.2, 0.25) is 0 Å². The van der Waals surface area contributed by atoms with Gasteiger partial charge >= 0.3 is 0 Å². The van der Waals surface area contributed by atoms with E-state index in [1.807, 2.05) is 98.0 Å². The molecule has 0 unspecified atom stereocenters. The zero-order chi connectivity index (χ0) is 25.6. The van der Waals surface area contributed by atoms with Gasteiger partial charge in [-0.25, -0.2) is 4.68 Å². The van der Waals surface area contributed by atoms with Crippen LogP contribution in [0, 0.1) is 6.92 Å². The molecule has 1 aliphatic rings. The summed E-state index contributed by atoms with van der Waals surface area (Å²) < 4.78 is 1.76. The second-order valence-electron chi connectivity index (χ2n) is 9.48. The highest BCUT2D eigenvalue weighted by Crippen LogP contribution is 2.25. The zero-order valence-electron chi connectivity index (χ0n) is 20.9. The van der Waals surface area contributed by atoms with Crippen molar-refractivity contribution in [2.75, 3.05) is 25.0 Å². The van der Waals surface area contributed by atoms with Gasteiger partial charge in [-0.15, -0.1) is 0 Å². The zero-order valence-corrected chi connectivity index (χ0v) is 20.9. The predicted octanol–water partition coefficient (Wildman–Crippen LogP) is 4.68. The maximum absolute atomic E-state index is 13.4. The quantitative estimate of drug-likeness (QED) is 0.392. The minimum atomic E-state index is -0.127. The third-order valence-electron chi connectivity index (χ3n) is 6.65. The molecule has 0 atom stereocenters. The molecule has 7 nitrogen and oxygen atoms in total. The second kappa shape index (κ2) is 11.2. The molecule has 37 heavy (non-hydrogen) atoms. The molecule has 7 heteroatoms. The summed E-state index contributed by atoms with van der Waals surface area (Å²) >= 11 is 0. The average molecular weight is 494 g/mol. The van der Waals surface area contributed by atoms with Crippen LogP contribution in [0.25, 0.3) is 16.9 Å². The van der Waals surface area contributed by atoms with Crippen molar-refractivity contribution in [3.63, 3.8) is 0 Å². The first-order chi connectivity index (χ1) is 18.0. The van der Waals surface area contributed by atoms with Crippen LogP contribution in [0.5, 0.6) is 0 Å². The number of likely N-dealkylation sites (tertiary alicyclic amines) is 1. The first kappa shape index (κ1) is 24.5. The van der Waals surface area contributed by atoms with Gasteiger partial charge < -0.3 is 10.6 Å². The van der Waals surface area contributed by atoms with Crippen LogP contribution < -0.4 is 10.6 Å². The molecule has 0 saturated carbocycles. The molecule has 2 amide bonds. The number of benzene rings is 3. The summed E-state index contributed by atoms with van der Waals surface area (Å²) in [6.45, 7) is 3.89. The summed E-state index contributed by atoms with van der Waals surface area (Å²) in [6, 6.07) is 27.4. The van der Waals surface area contributed by atoms with Crippen molar-refractivity contribution in [3.8, 4) is 16.9 Å². The monoisotopic (exact) mass is 493 g/mol. The van der Waals surface area contributed by atoms with Crippen LogP contribution in [-0.4, -0.2) is 52.2 Å². The first-order valence-corrected chi connectivity index (χ1v) is 12.7. The van der Waals surface area contributed by atoms with Gasteiger partial charge in [-0.3, -0.25) is 14.5 Å². The van der Waals surface area contributed by atoms with Crippen LogP contribution in [-0.2, 0) is 4.79 Å². The summed E-state index contributed by atoms with van der Waals surface area (Å²) in [5.41, 5.74) is 4.98. The summed E-state index contributed by atoms with van der Waals surface area (Å²) in [4.78, 5) is 28.0. The fourth-order valence-corrected chi connectivity index (χ4v) is 4.60. The molecule has 5 rings (SSSR count). The van der Waals surface area contributed by atoms with Gasteiger partial charge in [0.1, 0.15) is 5.69 Å². The minimum absolute atomic E-state index is 0.0234. The van der Waals surface area contributed by atoms with Gasteiger partial charge in [-0.1, -0.05) is 66.2 Å². The smallest absolute Gasteiger partial charge is 0.255 e. The summed E-state index contributed by atoms with van der Waals surface area (Å²) in [5, 5.41) is 10.9. The Kier molecular flexibility index (Phi) is 7.42. The van der Waals surface area contributed by atoms with Gasteiger partial charge in [0.25, 0.3) is 5.91 Å². The average Bonchev–Trinajstić information content (AvgIpc) is 3.37. The Morgan fingerprint density at radius 3 is 2.22 bits per heavy atom. The molecule has 2 N–H and O–H groups in total. The summed E-state index contributed by atoms with van der Waals surface area (Å²) in [6.07, 6.45) is 3.39. The predicted molar refractivity (Wildman–Crippen MR) is 146 cm³/mol. The third kappa shape index (κ3) is 6.13. The number of carbonyl (C=O) groups is 2. The molecule has 1 fully saturated rings. The number of para-hydroxylation sites is 2. The van der Waals surface area contributed by atoms with Crippen LogP contribution in [0.4, 0.5) is 5.69 Å². The minimum Gasteiger partial charge on any atom is -0.349 e. The maximum Gasteiger partial charge on any atom is 0.255 e. The topological polar surface area (TPSA) is 79.3 Å². The van der Waals surface area contributed by atoms with Crippen molar-refractivity contribution in [1.82, 2.24) is 20.0 Å². The summed E-state index contributed by atoms with van der Waals surface area (Å²) in [5.74, 6) is -0.150. The number of nitrogens with one attached hydrogen (secondary N) is 2. The number of anilines is 1. The molecule has 2 heterocycles. The highest BCUT2D eigenvalue weighted by Gasteiger charge is 2.25. The molecule has 1 aliphatic heterocycles. The molecular formula is C30H31N5O2. The molecule has 1 saturated heterocycles. The van der Waals surface area contributed by atoms with E-state index in [-0.39, 0.29) is 17.9 Å². The number of hydrogen-bond acceptors (Lipinski definition) is 4. The van der Waals surface area contributed by atoms with E-state index in [9.17, 15) is 9.59 Å². The van der Waals surface area contributed by atoms with Gasteiger partial charge in [-0.05, 0) is 44.0 Å². The van der Waals surface area contributed by atoms with E-state index < -0.39 is 0 Å². The lowest BCUT2D eigenvalue weighted by Crippen LogP contribution is -2.46. The van der Waals surface area contributed by atoms with Crippen molar-refractivity contribution in [2.45, 2.75) is 25.8 Å². The van der Waals surface area contributed by atoms with E-state index in [2.05, 4.69) is 15.5 Å². The first-order valence-electron chi connectivity index (χ1n) is 12.7. The van der Waals surface area contributed by atoms with Crippen molar-refractivity contribution in [3.05, 3.63) is 102 Å². The van der Waals surface area contributed by atoms with Gasteiger partial charge in [-0.2, -0.15) is 5.10 Å². The summed E-state index contributed by atoms with van der Waals surface area (Å²) in [7, 11) is 0. The van der Waals surface area contributed by atoms with Crippen molar-refractivity contribution < 1.29 is 9.59 Å². The standard InChI is InChI=1S/C30H31N5O2/c1-22-12-14-23(15-13-22)29-27(20-35(33-29)26-10-6-3-7-11-26)30(37)32-25-16-18-34(19-17-25)21-28(36)31-24-8-4-2-5-9-24/h2-15,20,25H,16-19,21H2,1H3,(H,31,36)(H,32,37). The van der Waals surface area contributed by atoms with Crippen LogP contribution in [0.3, 0.4) is 0 Å². The second-order valence-corrected chi connectivity index (χ2v) is 9.48. The number of nitrogens with zero attached hydrogens (tertiary/aromatic N) is 3. The lowest BCUT2D eigenvalue weighted by Gasteiger charge is -2.31. The van der Waals surface area contributed by atoms with Gasteiger partial charge in [0, 0.05) is 36.6 Å². The highest BCUT2D eigenvalue weighted by atomic mass is 16.2. The number of rotatable bonds is 7. The molecule has 4 aromatic rings. The Morgan fingerprint density at radius 1 is 0.892 bits per heavy atom. The number of piperidine rings is 1. The largest absolute Gasteiger partial charge is 0.349 e. The molecule has 3 aromatic carbocycles. The molecule has 1 aromatic heterocycles. The molecular weight excluding hydrogens is 462 g/mol. The fourth-order valence-electron chi connectivity index (χ4n) is 4.60. The number of amides is 2. The number of aryl methyl sites for hydroxylation is 1. The molecule has 0 spiro atoms. The van der Waals surface area contributed by atoms with E-state index in [0.29, 0.717) is 17.8 Å². The van der Waals surface area contributed by atoms with E-state index in [1.54, 1.807) is 4.68 Å². The van der Waals surface area contributed by atoms with E-state index in [1.165, 1.54) is 0 Å². The molecule has 0 bridgehead atoms. The van der Waals surface area contributed by atoms with Crippen molar-refractivity contribution >= 4 is 17.5 Å². The van der Waals surface area contributed by atoms with Crippen LogP contribution in [0.1, 0.15) is 28.8 Å². The Hall–Kier alpha value is -4.23. The maximum atomic E-state index is 13.4. The SMILES string of the molecule is Cc1ccc(-c2nn(-c3ccccc3)cc2C(=O)NC2CCN(CC(=O)Nc3ccccc3)CC2)cc1. The van der Waals surface area contributed by atoms with E-state index in [4.69, 9.17) is 5.10 Å². The third-order valence-corrected chi connectivity index (χ3v) is 6.65. The lowest BCUT2D eigenvalue weighted by molar-refractivity contribution is -0.117. The molecule has 0 aliphatic carbocycles. The van der Waals surface area contributed by atoms with Gasteiger partial charge in [0.2, 0.25) is 5.91 Å². The number of carbonyl (C=O) groups excluding carboxylic acids is 2. The Morgan fingerprint density at radius 2 is 1.54 bits per heavy atom.